The smallest absolute Gasteiger partial charge is 0.161 e. The molecule has 1 aliphatic rings. The average molecular weight is 250 g/mol. The second kappa shape index (κ2) is 5.40. The van der Waals surface area contributed by atoms with Crippen LogP contribution < -0.4 is 10.6 Å². The Hall–Kier alpha value is -1.23. The third-order valence-electron chi connectivity index (χ3n) is 2.98. The van der Waals surface area contributed by atoms with Gasteiger partial charge in [0.2, 0.25) is 0 Å². The highest BCUT2D eigenvalue weighted by Crippen LogP contribution is 2.32. The summed E-state index contributed by atoms with van der Waals surface area (Å²) in [6.45, 7) is 3.20. The lowest BCUT2D eigenvalue weighted by Gasteiger charge is -2.24. The minimum Gasteiger partial charge on any atom is -0.389 e. The van der Waals surface area contributed by atoms with Gasteiger partial charge >= 0.3 is 0 Å². The first-order valence-electron chi connectivity index (χ1n) is 6.12. The summed E-state index contributed by atoms with van der Waals surface area (Å²) in [5.74, 6) is 0.857. The minimum atomic E-state index is 0.400. The maximum atomic E-state index is 5.74. The van der Waals surface area contributed by atoms with Gasteiger partial charge in [-0.25, -0.2) is 0 Å². The fourth-order valence-electron chi connectivity index (χ4n) is 1.90. The quantitative estimate of drug-likeness (QED) is 0.781. The number of nitrogens with zero attached hydrogens (tertiary/aromatic N) is 3. The number of aromatic nitrogens is 2. The number of anilines is 1. The number of nitrogens with two attached hydrogens (primary N) is 1. The lowest BCUT2D eigenvalue weighted by Crippen LogP contribution is -2.30. The molecule has 4 nitrogen and oxygen atoms in total. The molecule has 92 valence electrons. The Balaban J connectivity index is 2.25. The van der Waals surface area contributed by atoms with Gasteiger partial charge in [-0.3, -0.25) is 0 Å². The molecule has 0 bridgehead atoms. The molecule has 0 aromatic carbocycles. The SMILES string of the molecule is CCCCN(c1nnccc1C(N)=S)C1CC1. The zero-order chi connectivity index (χ0) is 12.3. The molecular formula is C12H18N4S. The maximum absolute atomic E-state index is 5.74. The molecule has 1 aromatic heterocycles. The van der Waals surface area contributed by atoms with Gasteiger partial charge in [0, 0.05) is 12.6 Å². The van der Waals surface area contributed by atoms with E-state index in [2.05, 4.69) is 22.0 Å². The molecule has 2 rings (SSSR count). The van der Waals surface area contributed by atoms with Gasteiger partial charge in [-0.1, -0.05) is 25.6 Å². The van der Waals surface area contributed by atoms with Crippen LogP contribution in [0.15, 0.2) is 12.3 Å². The first kappa shape index (κ1) is 12.2. The molecule has 0 spiro atoms. The van der Waals surface area contributed by atoms with Crippen molar-refractivity contribution >= 4 is 23.0 Å². The van der Waals surface area contributed by atoms with E-state index >= 15 is 0 Å². The average Bonchev–Trinajstić information content (AvgIpc) is 3.14. The van der Waals surface area contributed by atoms with E-state index in [1.54, 1.807) is 6.20 Å². The van der Waals surface area contributed by atoms with Crippen LogP contribution in [0.2, 0.25) is 0 Å². The van der Waals surface area contributed by atoms with Gasteiger partial charge in [-0.05, 0) is 25.3 Å². The van der Waals surface area contributed by atoms with E-state index < -0.39 is 0 Å². The summed E-state index contributed by atoms with van der Waals surface area (Å²) in [5.41, 5.74) is 6.58. The fraction of sp³-hybridized carbons (Fsp3) is 0.583. The van der Waals surface area contributed by atoms with Crippen LogP contribution in [0, 0.1) is 0 Å². The summed E-state index contributed by atoms with van der Waals surface area (Å²) < 4.78 is 0. The molecule has 1 heterocycles. The van der Waals surface area contributed by atoms with Crippen LogP contribution in [-0.2, 0) is 0 Å². The van der Waals surface area contributed by atoms with Crippen molar-refractivity contribution in [1.29, 1.82) is 0 Å². The molecule has 0 amide bonds. The predicted octanol–water partition coefficient (Wildman–Crippen LogP) is 1.88. The van der Waals surface area contributed by atoms with E-state index in [4.69, 9.17) is 18.0 Å². The molecule has 1 aliphatic carbocycles. The lowest BCUT2D eigenvalue weighted by atomic mass is 10.2. The number of rotatable bonds is 6. The Morgan fingerprint density at radius 2 is 2.35 bits per heavy atom. The van der Waals surface area contributed by atoms with Gasteiger partial charge in [0.15, 0.2) is 5.82 Å². The van der Waals surface area contributed by atoms with E-state index in [0.717, 1.165) is 24.3 Å². The molecule has 0 radical (unpaired) electrons. The summed E-state index contributed by atoms with van der Waals surface area (Å²) in [4.78, 5) is 2.71. The van der Waals surface area contributed by atoms with Crippen LogP contribution in [0.4, 0.5) is 5.82 Å². The van der Waals surface area contributed by atoms with Crippen molar-refractivity contribution in [2.75, 3.05) is 11.4 Å². The second-order valence-electron chi connectivity index (χ2n) is 4.41. The monoisotopic (exact) mass is 250 g/mol. The first-order chi connectivity index (χ1) is 8.24. The highest BCUT2D eigenvalue weighted by atomic mass is 32.1. The van der Waals surface area contributed by atoms with Crippen molar-refractivity contribution in [1.82, 2.24) is 10.2 Å². The second-order valence-corrected chi connectivity index (χ2v) is 4.85. The molecule has 1 fully saturated rings. The molecule has 0 saturated heterocycles. The normalized spacial score (nSPS) is 14.6. The van der Waals surface area contributed by atoms with E-state index in [9.17, 15) is 0 Å². The maximum Gasteiger partial charge on any atom is 0.161 e. The Labute approximate surface area is 107 Å². The predicted molar refractivity (Wildman–Crippen MR) is 73.2 cm³/mol. The summed E-state index contributed by atoms with van der Waals surface area (Å²) >= 11 is 5.07. The number of unbranched alkanes of at least 4 members (excludes halogenated alkanes) is 1. The number of hydrogen-bond acceptors (Lipinski definition) is 4. The van der Waals surface area contributed by atoms with Crippen molar-refractivity contribution in [2.45, 2.75) is 38.6 Å². The van der Waals surface area contributed by atoms with Gasteiger partial charge in [0.25, 0.3) is 0 Å². The Bertz CT molecular complexity index is 403. The lowest BCUT2D eigenvalue weighted by molar-refractivity contribution is 0.698. The van der Waals surface area contributed by atoms with Crippen LogP contribution >= 0.6 is 12.2 Å². The van der Waals surface area contributed by atoms with Gasteiger partial charge in [0.05, 0.1) is 11.8 Å². The molecular weight excluding hydrogens is 232 g/mol. The Kier molecular flexibility index (Phi) is 3.89. The molecule has 17 heavy (non-hydrogen) atoms. The van der Waals surface area contributed by atoms with E-state index in [1.807, 2.05) is 6.07 Å². The molecule has 1 saturated carbocycles. The summed E-state index contributed by atoms with van der Waals surface area (Å²) in [6.07, 6.45) is 6.44. The van der Waals surface area contributed by atoms with Crippen molar-refractivity contribution < 1.29 is 0 Å². The largest absolute Gasteiger partial charge is 0.389 e. The zero-order valence-electron chi connectivity index (χ0n) is 10.1. The molecule has 1 aromatic rings. The third-order valence-corrected chi connectivity index (χ3v) is 3.20. The summed E-state index contributed by atoms with van der Waals surface area (Å²) in [5, 5.41) is 8.18. The minimum absolute atomic E-state index is 0.400. The van der Waals surface area contributed by atoms with Gasteiger partial charge in [-0.2, -0.15) is 5.10 Å². The first-order valence-corrected chi connectivity index (χ1v) is 6.53. The zero-order valence-corrected chi connectivity index (χ0v) is 10.9. The Morgan fingerprint density at radius 1 is 1.59 bits per heavy atom. The third kappa shape index (κ3) is 2.91. The van der Waals surface area contributed by atoms with E-state index in [0.29, 0.717) is 11.0 Å². The highest BCUT2D eigenvalue weighted by molar-refractivity contribution is 7.80. The van der Waals surface area contributed by atoms with Gasteiger partial charge in [0.1, 0.15) is 4.99 Å². The number of hydrogen-bond donors (Lipinski definition) is 1. The molecule has 2 N–H and O–H groups in total. The van der Waals surface area contributed by atoms with Gasteiger partial charge in [-0.15, -0.1) is 5.10 Å². The van der Waals surface area contributed by atoms with Crippen molar-refractivity contribution in [3.63, 3.8) is 0 Å². The Morgan fingerprint density at radius 3 is 2.94 bits per heavy atom. The summed E-state index contributed by atoms with van der Waals surface area (Å²) in [6, 6.07) is 2.46. The van der Waals surface area contributed by atoms with E-state index in [1.165, 1.54) is 19.3 Å². The van der Waals surface area contributed by atoms with Crippen LogP contribution in [0.5, 0.6) is 0 Å². The fourth-order valence-corrected chi connectivity index (χ4v) is 2.06. The van der Waals surface area contributed by atoms with Crippen LogP contribution in [0.1, 0.15) is 38.2 Å². The molecule has 0 atom stereocenters. The number of thiocarbonyl (C=S) groups is 1. The standard InChI is InChI=1S/C12H18N4S/c1-2-3-8-16(9-4-5-9)12-10(11(13)17)6-7-14-15-12/h6-7,9H,2-5,8H2,1H3,(H2,13,17). The van der Waals surface area contributed by atoms with Crippen LogP contribution in [0.25, 0.3) is 0 Å². The molecule has 5 heteroatoms. The van der Waals surface area contributed by atoms with Crippen molar-refractivity contribution in [3.8, 4) is 0 Å². The van der Waals surface area contributed by atoms with E-state index in [-0.39, 0.29) is 0 Å². The van der Waals surface area contributed by atoms with Crippen LogP contribution in [0.3, 0.4) is 0 Å². The van der Waals surface area contributed by atoms with Crippen molar-refractivity contribution in [2.24, 2.45) is 5.73 Å². The molecule has 0 aliphatic heterocycles. The van der Waals surface area contributed by atoms with Gasteiger partial charge < -0.3 is 10.6 Å². The summed E-state index contributed by atoms with van der Waals surface area (Å²) in [7, 11) is 0. The molecule has 0 unspecified atom stereocenters. The topological polar surface area (TPSA) is 55.0 Å². The highest BCUT2D eigenvalue weighted by Gasteiger charge is 2.31. The van der Waals surface area contributed by atoms with Crippen molar-refractivity contribution in [3.05, 3.63) is 17.8 Å². The van der Waals surface area contributed by atoms with Crippen LogP contribution in [-0.4, -0.2) is 27.8 Å².